The summed E-state index contributed by atoms with van der Waals surface area (Å²) in [5.41, 5.74) is 8.17. The summed E-state index contributed by atoms with van der Waals surface area (Å²) < 4.78 is 5.50. The predicted octanol–water partition coefficient (Wildman–Crippen LogP) is 3.06. The lowest BCUT2D eigenvalue weighted by molar-refractivity contribution is 0.0711. The summed E-state index contributed by atoms with van der Waals surface area (Å²) in [6.45, 7) is 5.28. The van der Waals surface area contributed by atoms with Crippen LogP contribution in [0.5, 0.6) is 0 Å². The van der Waals surface area contributed by atoms with E-state index in [0.29, 0.717) is 24.0 Å². The second kappa shape index (κ2) is 5.97. The largest absolute Gasteiger partial charge is 0.455 e. The summed E-state index contributed by atoms with van der Waals surface area (Å²) in [5.74, 6) is 1.38. The van der Waals surface area contributed by atoms with Crippen molar-refractivity contribution in [2.75, 3.05) is 6.54 Å². The Morgan fingerprint density at radius 1 is 1.32 bits per heavy atom. The van der Waals surface area contributed by atoms with E-state index in [9.17, 15) is 4.79 Å². The van der Waals surface area contributed by atoms with E-state index in [4.69, 9.17) is 10.2 Å². The van der Waals surface area contributed by atoms with Crippen molar-refractivity contribution >= 4 is 5.91 Å². The number of likely N-dealkylation sites (tertiary alicyclic amines) is 1. The Morgan fingerprint density at radius 2 is 2.09 bits per heavy atom. The molecule has 1 aromatic carbocycles. The Labute approximate surface area is 130 Å². The lowest BCUT2D eigenvalue weighted by atomic mass is 9.93. The highest BCUT2D eigenvalue weighted by Crippen LogP contribution is 2.34. The van der Waals surface area contributed by atoms with Crippen molar-refractivity contribution in [3.05, 3.63) is 59.0 Å². The van der Waals surface area contributed by atoms with Crippen LogP contribution in [0.15, 0.2) is 40.8 Å². The molecule has 0 saturated carbocycles. The molecule has 0 spiro atoms. The number of furan rings is 1. The first kappa shape index (κ1) is 14.9. The molecule has 2 aromatic rings. The van der Waals surface area contributed by atoms with Crippen LogP contribution in [0, 0.1) is 6.92 Å². The third-order valence-electron chi connectivity index (χ3n) is 4.54. The minimum Gasteiger partial charge on any atom is -0.455 e. The standard InChI is InChI=1S/C18H22N2O2/c1-12-5-3-4-6-16(12)14-9-13(2)20(11-14)18(21)17-8-7-15(10-19)22-17/h3-8,13-14H,9-11,19H2,1-2H3/t13-,14-/m0/s1. The van der Waals surface area contributed by atoms with Crippen LogP contribution in [0.25, 0.3) is 0 Å². The predicted molar refractivity (Wildman–Crippen MR) is 85.6 cm³/mol. The lowest BCUT2D eigenvalue weighted by Gasteiger charge is -2.20. The zero-order valence-corrected chi connectivity index (χ0v) is 13.1. The quantitative estimate of drug-likeness (QED) is 0.947. The molecule has 22 heavy (non-hydrogen) atoms. The lowest BCUT2D eigenvalue weighted by Crippen LogP contribution is -2.33. The van der Waals surface area contributed by atoms with Crippen LogP contribution in [0.3, 0.4) is 0 Å². The maximum Gasteiger partial charge on any atom is 0.289 e. The molecule has 2 heterocycles. The third kappa shape index (κ3) is 2.66. The van der Waals surface area contributed by atoms with Gasteiger partial charge in [0.25, 0.3) is 5.91 Å². The van der Waals surface area contributed by atoms with Gasteiger partial charge in [-0.15, -0.1) is 0 Å². The molecule has 4 heteroatoms. The summed E-state index contributed by atoms with van der Waals surface area (Å²) in [7, 11) is 0. The van der Waals surface area contributed by atoms with Crippen molar-refractivity contribution in [3.8, 4) is 0 Å². The van der Waals surface area contributed by atoms with Gasteiger partial charge in [-0.25, -0.2) is 0 Å². The average Bonchev–Trinajstić information content (AvgIpc) is 3.13. The summed E-state index contributed by atoms with van der Waals surface area (Å²) in [6.07, 6.45) is 0.987. The fraction of sp³-hybridized carbons (Fsp3) is 0.389. The van der Waals surface area contributed by atoms with E-state index in [-0.39, 0.29) is 11.9 Å². The minimum atomic E-state index is -0.0386. The number of rotatable bonds is 3. The molecule has 1 fully saturated rings. The van der Waals surface area contributed by atoms with Crippen molar-refractivity contribution in [2.24, 2.45) is 5.73 Å². The first-order chi connectivity index (χ1) is 10.6. The van der Waals surface area contributed by atoms with Crippen LogP contribution in [0.1, 0.15) is 46.7 Å². The maximum atomic E-state index is 12.6. The van der Waals surface area contributed by atoms with Gasteiger partial charge < -0.3 is 15.1 Å². The number of carbonyl (C=O) groups excluding carboxylic acids is 1. The van der Waals surface area contributed by atoms with Gasteiger partial charge in [0.05, 0.1) is 6.54 Å². The molecular weight excluding hydrogens is 276 g/mol. The molecule has 116 valence electrons. The normalized spacial score (nSPS) is 21.3. The van der Waals surface area contributed by atoms with Gasteiger partial charge in [-0.1, -0.05) is 24.3 Å². The van der Waals surface area contributed by atoms with E-state index in [1.807, 2.05) is 4.90 Å². The number of nitrogens with two attached hydrogens (primary N) is 1. The van der Waals surface area contributed by atoms with Gasteiger partial charge in [-0.3, -0.25) is 4.79 Å². The Balaban J connectivity index is 1.78. The number of carbonyl (C=O) groups is 1. The third-order valence-corrected chi connectivity index (χ3v) is 4.54. The molecule has 1 saturated heterocycles. The van der Waals surface area contributed by atoms with Crippen molar-refractivity contribution in [3.63, 3.8) is 0 Å². The molecule has 1 aliphatic heterocycles. The molecule has 1 aliphatic rings. The number of nitrogens with zero attached hydrogens (tertiary/aromatic N) is 1. The van der Waals surface area contributed by atoms with E-state index >= 15 is 0 Å². The van der Waals surface area contributed by atoms with Gasteiger partial charge in [0.1, 0.15) is 5.76 Å². The molecule has 2 atom stereocenters. The molecule has 2 N–H and O–H groups in total. The highest BCUT2D eigenvalue weighted by Gasteiger charge is 2.35. The Kier molecular flexibility index (Phi) is 4.03. The topological polar surface area (TPSA) is 59.5 Å². The Morgan fingerprint density at radius 3 is 2.77 bits per heavy atom. The highest BCUT2D eigenvalue weighted by molar-refractivity contribution is 5.92. The van der Waals surface area contributed by atoms with E-state index in [1.54, 1.807) is 12.1 Å². The number of aryl methyl sites for hydroxylation is 1. The molecule has 1 amide bonds. The minimum absolute atomic E-state index is 0.0386. The molecule has 0 radical (unpaired) electrons. The van der Waals surface area contributed by atoms with Crippen LogP contribution in [0.2, 0.25) is 0 Å². The molecule has 0 aliphatic carbocycles. The monoisotopic (exact) mass is 298 g/mol. The van der Waals surface area contributed by atoms with E-state index in [0.717, 1.165) is 13.0 Å². The fourth-order valence-electron chi connectivity index (χ4n) is 3.33. The molecule has 4 nitrogen and oxygen atoms in total. The number of benzene rings is 1. The van der Waals surface area contributed by atoms with E-state index < -0.39 is 0 Å². The molecule has 1 aromatic heterocycles. The average molecular weight is 298 g/mol. The molecule has 0 unspecified atom stereocenters. The fourth-order valence-corrected chi connectivity index (χ4v) is 3.33. The van der Waals surface area contributed by atoms with E-state index in [2.05, 4.69) is 38.1 Å². The van der Waals surface area contributed by atoms with Gasteiger partial charge in [0.2, 0.25) is 0 Å². The van der Waals surface area contributed by atoms with Crippen molar-refractivity contribution in [1.82, 2.24) is 4.90 Å². The van der Waals surface area contributed by atoms with E-state index in [1.165, 1.54) is 11.1 Å². The van der Waals surface area contributed by atoms with Gasteiger partial charge in [0, 0.05) is 18.5 Å². The summed E-state index contributed by atoms with van der Waals surface area (Å²) in [4.78, 5) is 14.6. The number of amides is 1. The van der Waals surface area contributed by atoms with Gasteiger partial charge >= 0.3 is 0 Å². The van der Waals surface area contributed by atoms with Crippen molar-refractivity contribution < 1.29 is 9.21 Å². The summed E-state index contributed by atoms with van der Waals surface area (Å²) >= 11 is 0. The molecular formula is C18H22N2O2. The summed E-state index contributed by atoms with van der Waals surface area (Å²) in [6, 6.07) is 12.1. The first-order valence-corrected chi connectivity index (χ1v) is 7.75. The zero-order chi connectivity index (χ0) is 15.7. The highest BCUT2D eigenvalue weighted by atomic mass is 16.4. The SMILES string of the molecule is Cc1ccccc1[C@H]1C[C@H](C)N(C(=O)c2ccc(CN)o2)C1. The van der Waals surface area contributed by atoms with Crippen LogP contribution >= 0.6 is 0 Å². The van der Waals surface area contributed by atoms with Crippen LogP contribution < -0.4 is 5.73 Å². The van der Waals surface area contributed by atoms with Crippen LogP contribution in [-0.4, -0.2) is 23.4 Å². The number of hydrogen-bond acceptors (Lipinski definition) is 3. The van der Waals surface area contributed by atoms with Crippen molar-refractivity contribution in [2.45, 2.75) is 38.8 Å². The first-order valence-electron chi connectivity index (χ1n) is 7.75. The number of hydrogen-bond donors (Lipinski definition) is 1. The molecule has 0 bridgehead atoms. The Hall–Kier alpha value is -2.07. The van der Waals surface area contributed by atoms with Gasteiger partial charge in [-0.2, -0.15) is 0 Å². The zero-order valence-electron chi connectivity index (χ0n) is 13.1. The second-order valence-electron chi connectivity index (χ2n) is 6.07. The molecule has 3 rings (SSSR count). The van der Waals surface area contributed by atoms with Crippen LogP contribution in [0.4, 0.5) is 0 Å². The van der Waals surface area contributed by atoms with Crippen LogP contribution in [-0.2, 0) is 6.54 Å². The Bertz CT molecular complexity index is 677. The smallest absolute Gasteiger partial charge is 0.289 e. The van der Waals surface area contributed by atoms with Crippen molar-refractivity contribution in [1.29, 1.82) is 0 Å². The van der Waals surface area contributed by atoms with Gasteiger partial charge in [-0.05, 0) is 43.5 Å². The second-order valence-corrected chi connectivity index (χ2v) is 6.07. The van der Waals surface area contributed by atoms with Gasteiger partial charge in [0.15, 0.2) is 5.76 Å². The maximum absolute atomic E-state index is 12.6. The summed E-state index contributed by atoms with van der Waals surface area (Å²) in [5, 5.41) is 0.